The molecule has 1 aliphatic rings. The van der Waals surface area contributed by atoms with Crippen LogP contribution in [0.2, 0.25) is 0 Å². The highest BCUT2D eigenvalue weighted by Crippen LogP contribution is 2.26. The van der Waals surface area contributed by atoms with Crippen molar-refractivity contribution in [3.63, 3.8) is 0 Å². The number of anilines is 3. The Kier molecular flexibility index (Phi) is 5.02. The first-order valence-electron chi connectivity index (χ1n) is 8.48. The summed E-state index contributed by atoms with van der Waals surface area (Å²) in [6.07, 6.45) is 0.198. The van der Waals surface area contributed by atoms with Crippen molar-refractivity contribution in [3.05, 3.63) is 54.1 Å². The monoisotopic (exact) mass is 351 g/mol. The van der Waals surface area contributed by atoms with Gasteiger partial charge in [-0.05, 0) is 43.3 Å². The van der Waals surface area contributed by atoms with E-state index in [0.717, 1.165) is 11.3 Å². The molecule has 1 fully saturated rings. The molecule has 1 atom stereocenters. The standard InChI is InChI=1S/C20H21N3O3/c1-13-3-9-18(10-4-13)23-12-15(11-19(23)25)20(26)22-17-7-5-16(6-8-17)21-14(2)24/h3-10,15H,11-12H2,1-2H3,(H,21,24)(H,22,26)/t15-/m1/s1. The molecule has 3 rings (SSSR count). The smallest absolute Gasteiger partial charge is 0.229 e. The summed E-state index contributed by atoms with van der Waals surface area (Å²) in [5.41, 5.74) is 3.23. The van der Waals surface area contributed by atoms with Gasteiger partial charge in [0.2, 0.25) is 17.7 Å². The van der Waals surface area contributed by atoms with E-state index < -0.39 is 0 Å². The van der Waals surface area contributed by atoms with E-state index in [9.17, 15) is 14.4 Å². The van der Waals surface area contributed by atoms with Gasteiger partial charge in [-0.2, -0.15) is 0 Å². The number of hydrogen-bond acceptors (Lipinski definition) is 3. The van der Waals surface area contributed by atoms with Crippen molar-refractivity contribution in [2.24, 2.45) is 5.92 Å². The van der Waals surface area contributed by atoms with E-state index in [1.807, 2.05) is 31.2 Å². The second-order valence-electron chi connectivity index (χ2n) is 6.49. The van der Waals surface area contributed by atoms with Crippen LogP contribution in [-0.2, 0) is 14.4 Å². The van der Waals surface area contributed by atoms with Crippen LogP contribution in [0.15, 0.2) is 48.5 Å². The van der Waals surface area contributed by atoms with Crippen LogP contribution < -0.4 is 15.5 Å². The van der Waals surface area contributed by atoms with Crippen LogP contribution >= 0.6 is 0 Å². The van der Waals surface area contributed by atoms with Gasteiger partial charge in [0.15, 0.2) is 0 Å². The number of amides is 3. The zero-order valence-corrected chi connectivity index (χ0v) is 14.8. The summed E-state index contributed by atoms with van der Waals surface area (Å²) in [5.74, 6) is -0.767. The largest absolute Gasteiger partial charge is 0.326 e. The molecular formula is C20H21N3O3. The van der Waals surface area contributed by atoms with Gasteiger partial charge < -0.3 is 15.5 Å². The van der Waals surface area contributed by atoms with Gasteiger partial charge >= 0.3 is 0 Å². The fourth-order valence-electron chi connectivity index (χ4n) is 2.94. The second kappa shape index (κ2) is 7.39. The number of carbonyl (C=O) groups excluding carboxylic acids is 3. The van der Waals surface area contributed by atoms with Crippen molar-refractivity contribution >= 4 is 34.8 Å². The third-order valence-corrected chi connectivity index (χ3v) is 4.31. The maximum Gasteiger partial charge on any atom is 0.229 e. The summed E-state index contributed by atoms with van der Waals surface area (Å²) < 4.78 is 0. The Balaban J connectivity index is 1.62. The molecule has 26 heavy (non-hydrogen) atoms. The Morgan fingerprint density at radius 1 is 0.962 bits per heavy atom. The first-order chi connectivity index (χ1) is 12.4. The second-order valence-corrected chi connectivity index (χ2v) is 6.49. The summed E-state index contributed by atoms with van der Waals surface area (Å²) in [6.45, 7) is 3.80. The fraction of sp³-hybridized carbons (Fsp3) is 0.250. The zero-order valence-electron chi connectivity index (χ0n) is 14.8. The summed E-state index contributed by atoms with van der Waals surface area (Å²) in [7, 11) is 0. The number of hydrogen-bond donors (Lipinski definition) is 2. The lowest BCUT2D eigenvalue weighted by atomic mass is 10.1. The number of nitrogens with zero attached hydrogens (tertiary/aromatic N) is 1. The predicted octanol–water partition coefficient (Wildman–Crippen LogP) is 2.95. The van der Waals surface area contributed by atoms with Crippen LogP contribution in [0, 0.1) is 12.8 Å². The van der Waals surface area contributed by atoms with Gasteiger partial charge in [0, 0.05) is 37.0 Å². The summed E-state index contributed by atoms with van der Waals surface area (Å²) in [4.78, 5) is 37.5. The Bertz CT molecular complexity index is 828. The van der Waals surface area contributed by atoms with E-state index >= 15 is 0 Å². The molecule has 1 aliphatic heterocycles. The van der Waals surface area contributed by atoms with Crippen molar-refractivity contribution in [1.82, 2.24) is 0 Å². The Morgan fingerprint density at radius 2 is 1.54 bits per heavy atom. The first-order valence-corrected chi connectivity index (χ1v) is 8.48. The Labute approximate surface area is 152 Å². The van der Waals surface area contributed by atoms with Crippen LogP contribution in [0.5, 0.6) is 0 Å². The zero-order chi connectivity index (χ0) is 18.7. The number of nitrogens with one attached hydrogen (secondary N) is 2. The molecule has 2 N–H and O–H groups in total. The molecule has 0 aliphatic carbocycles. The number of benzene rings is 2. The number of rotatable bonds is 4. The summed E-state index contributed by atoms with van der Waals surface area (Å²) in [6, 6.07) is 14.6. The highest BCUT2D eigenvalue weighted by atomic mass is 16.2. The molecule has 1 heterocycles. The molecule has 0 bridgehead atoms. The minimum absolute atomic E-state index is 0.0463. The van der Waals surface area contributed by atoms with Gasteiger partial charge in [-0.15, -0.1) is 0 Å². The molecule has 2 aromatic carbocycles. The Hall–Kier alpha value is -3.15. The van der Waals surface area contributed by atoms with E-state index in [1.165, 1.54) is 6.92 Å². The number of aryl methyl sites for hydroxylation is 1. The van der Waals surface area contributed by atoms with Gasteiger partial charge in [-0.3, -0.25) is 14.4 Å². The maximum atomic E-state index is 12.5. The lowest BCUT2D eigenvalue weighted by Crippen LogP contribution is -2.28. The molecule has 0 aromatic heterocycles. The lowest BCUT2D eigenvalue weighted by molar-refractivity contribution is -0.122. The van der Waals surface area contributed by atoms with Crippen molar-refractivity contribution in [3.8, 4) is 0 Å². The molecule has 2 aromatic rings. The molecule has 6 nitrogen and oxygen atoms in total. The van der Waals surface area contributed by atoms with E-state index in [1.54, 1.807) is 29.2 Å². The van der Waals surface area contributed by atoms with E-state index in [-0.39, 0.29) is 30.1 Å². The molecule has 3 amide bonds. The average Bonchev–Trinajstić information content (AvgIpc) is 2.99. The average molecular weight is 351 g/mol. The third-order valence-electron chi connectivity index (χ3n) is 4.31. The Morgan fingerprint density at radius 3 is 2.12 bits per heavy atom. The van der Waals surface area contributed by atoms with E-state index in [4.69, 9.17) is 0 Å². The van der Waals surface area contributed by atoms with Crippen molar-refractivity contribution in [2.45, 2.75) is 20.3 Å². The third kappa shape index (κ3) is 4.08. The summed E-state index contributed by atoms with van der Waals surface area (Å²) >= 11 is 0. The minimum Gasteiger partial charge on any atom is -0.326 e. The van der Waals surface area contributed by atoms with Crippen LogP contribution in [-0.4, -0.2) is 24.3 Å². The molecule has 0 saturated carbocycles. The van der Waals surface area contributed by atoms with Crippen molar-refractivity contribution < 1.29 is 14.4 Å². The minimum atomic E-state index is -0.390. The van der Waals surface area contributed by atoms with Gasteiger partial charge in [-0.25, -0.2) is 0 Å². The molecule has 1 saturated heterocycles. The van der Waals surface area contributed by atoms with E-state index in [2.05, 4.69) is 10.6 Å². The van der Waals surface area contributed by atoms with Gasteiger partial charge in [0.1, 0.15) is 0 Å². The fourth-order valence-corrected chi connectivity index (χ4v) is 2.94. The number of carbonyl (C=O) groups is 3. The molecule has 6 heteroatoms. The molecular weight excluding hydrogens is 330 g/mol. The molecule has 0 spiro atoms. The maximum absolute atomic E-state index is 12.5. The van der Waals surface area contributed by atoms with Crippen LogP contribution in [0.3, 0.4) is 0 Å². The topological polar surface area (TPSA) is 78.5 Å². The van der Waals surface area contributed by atoms with Crippen molar-refractivity contribution in [1.29, 1.82) is 0 Å². The molecule has 0 radical (unpaired) electrons. The summed E-state index contributed by atoms with van der Waals surface area (Å²) in [5, 5.41) is 5.51. The van der Waals surface area contributed by atoms with Crippen LogP contribution in [0.1, 0.15) is 18.9 Å². The van der Waals surface area contributed by atoms with E-state index in [0.29, 0.717) is 17.9 Å². The van der Waals surface area contributed by atoms with Gasteiger partial charge in [0.25, 0.3) is 0 Å². The van der Waals surface area contributed by atoms with Gasteiger partial charge in [-0.1, -0.05) is 17.7 Å². The van der Waals surface area contributed by atoms with Crippen LogP contribution in [0.4, 0.5) is 17.1 Å². The quantitative estimate of drug-likeness (QED) is 0.889. The van der Waals surface area contributed by atoms with Crippen LogP contribution in [0.25, 0.3) is 0 Å². The highest BCUT2D eigenvalue weighted by Gasteiger charge is 2.35. The predicted molar refractivity (Wildman–Crippen MR) is 101 cm³/mol. The first kappa shape index (κ1) is 17.7. The molecule has 134 valence electrons. The molecule has 0 unspecified atom stereocenters. The van der Waals surface area contributed by atoms with Crippen molar-refractivity contribution in [2.75, 3.05) is 22.1 Å². The lowest BCUT2D eigenvalue weighted by Gasteiger charge is -2.17. The van der Waals surface area contributed by atoms with Gasteiger partial charge in [0.05, 0.1) is 5.92 Å². The SMILES string of the molecule is CC(=O)Nc1ccc(NC(=O)[C@@H]2CC(=O)N(c3ccc(C)cc3)C2)cc1. The highest BCUT2D eigenvalue weighted by molar-refractivity contribution is 6.03. The normalized spacial score (nSPS) is 16.5.